The molecule has 1 aliphatic rings. The van der Waals surface area contributed by atoms with Crippen LogP contribution in [0.1, 0.15) is 32.2 Å². The molecule has 0 aliphatic carbocycles. The van der Waals surface area contributed by atoms with E-state index in [4.69, 9.17) is 12.2 Å². The Morgan fingerprint density at radius 2 is 2.07 bits per heavy atom. The molecule has 2 heterocycles. The zero-order valence-electron chi connectivity index (χ0n) is 15.8. The van der Waals surface area contributed by atoms with Crippen molar-refractivity contribution in [2.24, 2.45) is 10.9 Å². The summed E-state index contributed by atoms with van der Waals surface area (Å²) in [5.74, 6) is 0.336. The molecule has 2 aromatic rings. The summed E-state index contributed by atoms with van der Waals surface area (Å²) in [4.78, 5) is 17.3. The van der Waals surface area contributed by atoms with Gasteiger partial charge in [-0.05, 0) is 37.2 Å². The molecular formula is C17H22N6O3S2. The normalized spacial score (nSPS) is 17.4. The number of carbonyl (C=O) groups excluding carboxylic acids is 1. The van der Waals surface area contributed by atoms with Gasteiger partial charge < -0.3 is 9.88 Å². The number of fused-ring (bicyclic) bond motifs is 1. The Morgan fingerprint density at radius 1 is 1.36 bits per heavy atom. The van der Waals surface area contributed by atoms with Gasteiger partial charge in [0.05, 0.1) is 11.4 Å². The second kappa shape index (κ2) is 7.84. The van der Waals surface area contributed by atoms with Gasteiger partial charge in [0, 0.05) is 12.1 Å². The molecule has 1 aromatic carbocycles. The monoisotopic (exact) mass is 422 g/mol. The van der Waals surface area contributed by atoms with Crippen molar-refractivity contribution in [1.82, 2.24) is 24.8 Å². The molecule has 0 unspecified atom stereocenters. The van der Waals surface area contributed by atoms with Gasteiger partial charge in [-0.1, -0.05) is 26.0 Å². The second-order valence-corrected chi connectivity index (χ2v) is 8.71. The van der Waals surface area contributed by atoms with E-state index in [0.717, 1.165) is 0 Å². The predicted octanol–water partition coefficient (Wildman–Crippen LogP) is 1.34. The number of aromatic nitrogens is 3. The molecule has 0 spiro atoms. The Hall–Kier alpha value is -2.53. The third-order valence-electron chi connectivity index (χ3n) is 4.41. The predicted molar refractivity (Wildman–Crippen MR) is 107 cm³/mol. The van der Waals surface area contributed by atoms with Crippen molar-refractivity contribution in [2.45, 2.75) is 44.8 Å². The molecule has 0 bridgehead atoms. The molecule has 11 heteroatoms. The van der Waals surface area contributed by atoms with E-state index in [9.17, 15) is 13.2 Å². The van der Waals surface area contributed by atoms with Crippen LogP contribution in [0.3, 0.4) is 0 Å². The number of rotatable bonds is 6. The first kappa shape index (κ1) is 20.2. The van der Waals surface area contributed by atoms with Crippen LogP contribution in [-0.4, -0.2) is 41.0 Å². The van der Waals surface area contributed by atoms with Crippen molar-refractivity contribution in [3.63, 3.8) is 0 Å². The van der Waals surface area contributed by atoms with Gasteiger partial charge in [-0.15, -0.1) is 0 Å². The number of sulfonamides is 1. The van der Waals surface area contributed by atoms with E-state index in [1.807, 2.05) is 20.8 Å². The summed E-state index contributed by atoms with van der Waals surface area (Å²) in [6.45, 7) is 6.46. The Kier molecular flexibility index (Phi) is 5.66. The van der Waals surface area contributed by atoms with Crippen molar-refractivity contribution in [3.05, 3.63) is 40.4 Å². The van der Waals surface area contributed by atoms with Crippen LogP contribution in [0, 0.1) is 10.7 Å². The molecule has 28 heavy (non-hydrogen) atoms. The largest absolute Gasteiger partial charge is 0.347 e. The van der Waals surface area contributed by atoms with Gasteiger partial charge in [0.1, 0.15) is 11.9 Å². The number of hydrogen-bond acceptors (Lipinski definition) is 6. The standard InChI is InChI=1S/C17H22N6O3S2/c1-4-23-13(20-21-17(23)27)9-18-16(24)14(10(2)3)19-15-11-7-5-6-8-12(11)28(25,26)22-15/h5-8,10,14H,4,9H2,1-3H3,(H,18,24)(H,19,22)(H,21,27)/t14-/m0/s1. The number of amidine groups is 1. The first-order valence-corrected chi connectivity index (χ1v) is 10.8. The van der Waals surface area contributed by atoms with E-state index in [1.54, 1.807) is 22.8 Å². The number of nitrogens with one attached hydrogen (secondary N) is 3. The molecule has 150 valence electrons. The quantitative estimate of drug-likeness (QED) is 0.607. The molecule has 0 radical (unpaired) electrons. The van der Waals surface area contributed by atoms with Gasteiger partial charge in [-0.3, -0.25) is 19.6 Å². The molecule has 1 amide bonds. The molecule has 1 atom stereocenters. The highest BCUT2D eigenvalue weighted by atomic mass is 32.2. The molecule has 9 nitrogen and oxygen atoms in total. The third kappa shape index (κ3) is 3.85. The molecule has 3 N–H and O–H groups in total. The van der Waals surface area contributed by atoms with Crippen LogP contribution in [0.25, 0.3) is 0 Å². The summed E-state index contributed by atoms with van der Waals surface area (Å²) in [6, 6.07) is 5.79. The summed E-state index contributed by atoms with van der Waals surface area (Å²) in [5, 5.41) is 9.64. The van der Waals surface area contributed by atoms with Crippen LogP contribution in [0.4, 0.5) is 0 Å². The number of nitrogens with zero attached hydrogens (tertiary/aromatic N) is 3. The van der Waals surface area contributed by atoms with Gasteiger partial charge in [-0.2, -0.15) is 5.10 Å². The Balaban J connectivity index is 1.83. The summed E-state index contributed by atoms with van der Waals surface area (Å²) in [7, 11) is -3.65. The number of H-pyrrole nitrogens is 1. The zero-order chi connectivity index (χ0) is 20.5. The smallest absolute Gasteiger partial charge is 0.263 e. The molecule has 1 aromatic heterocycles. The molecule has 0 saturated heterocycles. The molecule has 0 fully saturated rings. The van der Waals surface area contributed by atoms with Crippen molar-refractivity contribution >= 4 is 34.0 Å². The van der Waals surface area contributed by atoms with Crippen LogP contribution in [0.15, 0.2) is 34.2 Å². The van der Waals surface area contributed by atoms with Crippen molar-refractivity contribution in [3.8, 4) is 0 Å². The Bertz CT molecular complexity index is 1080. The topological polar surface area (TPSA) is 121 Å². The van der Waals surface area contributed by atoms with Crippen LogP contribution in [-0.2, 0) is 27.9 Å². The highest BCUT2D eigenvalue weighted by Gasteiger charge is 2.32. The molecule has 3 rings (SSSR count). The first-order valence-electron chi connectivity index (χ1n) is 8.86. The van der Waals surface area contributed by atoms with Crippen LogP contribution in [0.5, 0.6) is 0 Å². The average molecular weight is 423 g/mol. The first-order chi connectivity index (χ1) is 13.2. The van der Waals surface area contributed by atoms with Gasteiger partial charge in [0.15, 0.2) is 10.6 Å². The maximum absolute atomic E-state index is 12.8. The highest BCUT2D eigenvalue weighted by Crippen LogP contribution is 2.23. The zero-order valence-corrected chi connectivity index (χ0v) is 17.4. The fourth-order valence-corrected chi connectivity index (χ4v) is 4.48. The highest BCUT2D eigenvalue weighted by molar-refractivity contribution is 7.90. The minimum atomic E-state index is -3.65. The lowest BCUT2D eigenvalue weighted by molar-refractivity contribution is -0.123. The summed E-state index contributed by atoms with van der Waals surface area (Å²) >= 11 is 5.14. The van der Waals surface area contributed by atoms with E-state index in [2.05, 4.69) is 25.2 Å². The molecule has 0 saturated carbocycles. The summed E-state index contributed by atoms with van der Waals surface area (Å²) in [5.41, 5.74) is 0.466. The molecular weight excluding hydrogens is 400 g/mol. The van der Waals surface area contributed by atoms with Crippen LogP contribution in [0.2, 0.25) is 0 Å². The minimum Gasteiger partial charge on any atom is -0.347 e. The van der Waals surface area contributed by atoms with Crippen LogP contribution >= 0.6 is 12.2 Å². The lowest BCUT2D eigenvalue weighted by atomic mass is 10.0. The van der Waals surface area contributed by atoms with Gasteiger partial charge >= 0.3 is 0 Å². The van der Waals surface area contributed by atoms with E-state index < -0.39 is 16.1 Å². The number of benzene rings is 1. The average Bonchev–Trinajstić information content (AvgIpc) is 3.14. The lowest BCUT2D eigenvalue weighted by Gasteiger charge is -2.17. The summed E-state index contributed by atoms with van der Waals surface area (Å²) < 4.78 is 29.2. The number of aliphatic imine (C=N–C) groups is 1. The van der Waals surface area contributed by atoms with Crippen molar-refractivity contribution in [2.75, 3.05) is 0 Å². The SMILES string of the molecule is CCn1c(CNC(=O)[C@@H](N=C2NS(=O)(=O)c3ccccc32)C(C)C)n[nH]c1=S. The number of amides is 1. The van der Waals surface area contributed by atoms with Crippen molar-refractivity contribution in [1.29, 1.82) is 0 Å². The van der Waals surface area contributed by atoms with Gasteiger partial charge in [0.25, 0.3) is 10.0 Å². The van der Waals surface area contributed by atoms with Crippen molar-refractivity contribution < 1.29 is 13.2 Å². The van der Waals surface area contributed by atoms with Crippen LogP contribution < -0.4 is 10.0 Å². The summed E-state index contributed by atoms with van der Waals surface area (Å²) in [6.07, 6.45) is 0. The number of carbonyl (C=O) groups is 1. The van der Waals surface area contributed by atoms with Gasteiger partial charge in [0.2, 0.25) is 5.91 Å². The van der Waals surface area contributed by atoms with Gasteiger partial charge in [-0.25, -0.2) is 8.42 Å². The lowest BCUT2D eigenvalue weighted by Crippen LogP contribution is -2.38. The maximum atomic E-state index is 12.8. The van der Waals surface area contributed by atoms with E-state index in [-0.39, 0.29) is 29.1 Å². The minimum absolute atomic E-state index is 0.142. The number of hydrogen-bond donors (Lipinski definition) is 3. The Labute approximate surface area is 168 Å². The van der Waals surface area contributed by atoms with E-state index in [1.165, 1.54) is 6.07 Å². The third-order valence-corrected chi connectivity index (χ3v) is 6.11. The molecule has 1 aliphatic heterocycles. The Morgan fingerprint density at radius 3 is 2.75 bits per heavy atom. The fourth-order valence-electron chi connectivity index (χ4n) is 2.96. The maximum Gasteiger partial charge on any atom is 0.263 e. The van der Waals surface area contributed by atoms with E-state index in [0.29, 0.717) is 22.7 Å². The van der Waals surface area contributed by atoms with E-state index >= 15 is 0 Å². The fraction of sp³-hybridized carbons (Fsp3) is 0.412. The number of aromatic amines is 1. The second-order valence-electron chi connectivity index (χ2n) is 6.68.